The quantitative estimate of drug-likeness (QED) is 0.330. The topological polar surface area (TPSA) is 85.2 Å². The predicted octanol–water partition coefficient (Wildman–Crippen LogP) is 5.37. The summed E-state index contributed by atoms with van der Waals surface area (Å²) in [7, 11) is 0. The van der Waals surface area contributed by atoms with E-state index in [1.165, 1.54) is 18.2 Å². The van der Waals surface area contributed by atoms with Crippen molar-refractivity contribution in [2.45, 2.75) is 20.5 Å². The van der Waals surface area contributed by atoms with Gasteiger partial charge in [0, 0.05) is 6.07 Å². The van der Waals surface area contributed by atoms with Gasteiger partial charge in [-0.2, -0.15) is 0 Å². The molecule has 6 heteroatoms. The van der Waals surface area contributed by atoms with E-state index in [1.807, 2.05) is 56.3 Å². The minimum absolute atomic E-state index is 0.103. The number of aromatic hydroxyl groups is 2. The minimum atomic E-state index is -0.369. The number of rotatable bonds is 10. The van der Waals surface area contributed by atoms with Crippen LogP contribution in [-0.4, -0.2) is 29.2 Å². The van der Waals surface area contributed by atoms with E-state index >= 15 is 0 Å². The van der Waals surface area contributed by atoms with E-state index in [-0.39, 0.29) is 22.8 Å². The summed E-state index contributed by atoms with van der Waals surface area (Å²) in [4.78, 5) is 12.3. The Morgan fingerprint density at radius 1 is 0.875 bits per heavy atom. The maximum atomic E-state index is 12.3. The number of carbonyl (C=O) groups is 1. The highest BCUT2D eigenvalue weighted by molar-refractivity contribution is 6.08. The summed E-state index contributed by atoms with van der Waals surface area (Å²) in [6.45, 7) is 5.30. The molecular weight excluding hydrogens is 408 g/mol. The van der Waals surface area contributed by atoms with Crippen molar-refractivity contribution < 1.29 is 29.2 Å². The zero-order valence-electron chi connectivity index (χ0n) is 18.1. The van der Waals surface area contributed by atoms with Gasteiger partial charge < -0.3 is 24.4 Å². The Morgan fingerprint density at radius 3 is 2.41 bits per heavy atom. The van der Waals surface area contributed by atoms with Crippen molar-refractivity contribution in [3.63, 3.8) is 0 Å². The van der Waals surface area contributed by atoms with E-state index in [4.69, 9.17) is 14.2 Å². The third-order valence-corrected chi connectivity index (χ3v) is 4.55. The molecule has 3 aromatic rings. The molecule has 0 amide bonds. The number of phenolic OH excluding ortho intramolecular Hbond substituents is 2. The highest BCUT2D eigenvalue weighted by atomic mass is 16.5. The van der Waals surface area contributed by atoms with Crippen molar-refractivity contribution >= 4 is 11.9 Å². The summed E-state index contributed by atoms with van der Waals surface area (Å²) in [6, 6.07) is 16.9. The molecule has 6 nitrogen and oxygen atoms in total. The van der Waals surface area contributed by atoms with Crippen LogP contribution in [0.5, 0.6) is 28.7 Å². The van der Waals surface area contributed by atoms with Crippen molar-refractivity contribution in [3.8, 4) is 28.7 Å². The first-order valence-electron chi connectivity index (χ1n) is 10.4. The van der Waals surface area contributed by atoms with E-state index in [0.717, 1.165) is 17.2 Å². The number of allylic oxidation sites excluding steroid dienone is 1. The Balaban J connectivity index is 1.67. The van der Waals surface area contributed by atoms with Crippen LogP contribution in [0.15, 0.2) is 66.7 Å². The van der Waals surface area contributed by atoms with Crippen LogP contribution in [-0.2, 0) is 6.61 Å². The molecule has 0 saturated heterocycles. The smallest absolute Gasteiger partial charge is 0.189 e. The summed E-state index contributed by atoms with van der Waals surface area (Å²) >= 11 is 0. The van der Waals surface area contributed by atoms with Gasteiger partial charge in [0.25, 0.3) is 0 Å². The third kappa shape index (κ3) is 6.04. The number of hydrogen-bond acceptors (Lipinski definition) is 6. The maximum Gasteiger partial charge on any atom is 0.189 e. The Labute approximate surface area is 187 Å². The van der Waals surface area contributed by atoms with Crippen molar-refractivity contribution in [1.29, 1.82) is 0 Å². The molecule has 3 aromatic carbocycles. The largest absolute Gasteiger partial charge is 0.508 e. The number of phenols is 2. The number of benzene rings is 3. The van der Waals surface area contributed by atoms with Gasteiger partial charge in [-0.1, -0.05) is 24.3 Å². The van der Waals surface area contributed by atoms with Crippen LogP contribution in [0.1, 0.15) is 35.3 Å². The molecule has 166 valence electrons. The summed E-state index contributed by atoms with van der Waals surface area (Å²) < 4.78 is 17.1. The molecular formula is C26H26O6. The lowest BCUT2D eigenvalue weighted by Crippen LogP contribution is -2.01. The monoisotopic (exact) mass is 434 g/mol. The van der Waals surface area contributed by atoms with Crippen LogP contribution in [0.25, 0.3) is 6.08 Å². The van der Waals surface area contributed by atoms with Crippen molar-refractivity contribution in [2.75, 3.05) is 13.2 Å². The van der Waals surface area contributed by atoms with E-state index in [1.54, 1.807) is 6.08 Å². The Morgan fingerprint density at radius 2 is 1.66 bits per heavy atom. The maximum absolute atomic E-state index is 12.3. The van der Waals surface area contributed by atoms with Crippen molar-refractivity contribution in [1.82, 2.24) is 0 Å². The molecule has 0 bridgehead atoms. The lowest BCUT2D eigenvalue weighted by molar-refractivity contribution is 0.104. The van der Waals surface area contributed by atoms with E-state index in [2.05, 4.69) is 0 Å². The van der Waals surface area contributed by atoms with Crippen LogP contribution in [0, 0.1) is 0 Å². The molecule has 0 saturated carbocycles. The van der Waals surface area contributed by atoms with Gasteiger partial charge in [0.15, 0.2) is 17.3 Å². The fraction of sp³-hybridized carbons (Fsp3) is 0.192. The number of hydrogen-bond donors (Lipinski definition) is 2. The second-order valence-corrected chi connectivity index (χ2v) is 6.91. The predicted molar refractivity (Wildman–Crippen MR) is 123 cm³/mol. The highest BCUT2D eigenvalue weighted by Gasteiger charge is 2.09. The number of ketones is 1. The number of ether oxygens (including phenoxy) is 3. The lowest BCUT2D eigenvalue weighted by atomic mass is 10.1. The molecule has 0 radical (unpaired) electrons. The van der Waals surface area contributed by atoms with Crippen molar-refractivity contribution in [2.24, 2.45) is 0 Å². The first-order valence-corrected chi connectivity index (χ1v) is 10.4. The van der Waals surface area contributed by atoms with Gasteiger partial charge >= 0.3 is 0 Å². The van der Waals surface area contributed by atoms with Gasteiger partial charge in [-0.15, -0.1) is 0 Å². The zero-order chi connectivity index (χ0) is 22.9. The van der Waals surface area contributed by atoms with Crippen molar-refractivity contribution in [3.05, 3.63) is 83.4 Å². The molecule has 32 heavy (non-hydrogen) atoms. The van der Waals surface area contributed by atoms with Gasteiger partial charge in [0.1, 0.15) is 23.9 Å². The van der Waals surface area contributed by atoms with Gasteiger partial charge in [-0.3, -0.25) is 4.79 Å². The summed E-state index contributed by atoms with van der Waals surface area (Å²) in [5.41, 5.74) is 1.83. The van der Waals surface area contributed by atoms with Crippen LogP contribution in [0.4, 0.5) is 0 Å². The molecule has 0 spiro atoms. The fourth-order valence-electron chi connectivity index (χ4n) is 3.05. The number of carbonyl (C=O) groups excluding carboxylic acids is 1. The third-order valence-electron chi connectivity index (χ3n) is 4.55. The van der Waals surface area contributed by atoms with Crippen LogP contribution < -0.4 is 14.2 Å². The van der Waals surface area contributed by atoms with Gasteiger partial charge in [-0.25, -0.2) is 0 Å². The summed E-state index contributed by atoms with van der Waals surface area (Å²) in [5.74, 6) is 1.30. The van der Waals surface area contributed by atoms with Gasteiger partial charge in [-0.05, 0) is 67.4 Å². The molecule has 0 atom stereocenters. The Kier molecular flexibility index (Phi) is 7.75. The second-order valence-electron chi connectivity index (χ2n) is 6.91. The van der Waals surface area contributed by atoms with Gasteiger partial charge in [0.05, 0.1) is 18.8 Å². The van der Waals surface area contributed by atoms with Crippen LogP contribution in [0.2, 0.25) is 0 Å². The SMILES string of the molecule is CCOc1ccc(COc2cccc(/C=C/C(=O)c3ccc(O)cc3O)c2)cc1OCC. The fourth-order valence-corrected chi connectivity index (χ4v) is 3.05. The van der Waals surface area contributed by atoms with E-state index < -0.39 is 0 Å². The van der Waals surface area contributed by atoms with Crippen LogP contribution in [0.3, 0.4) is 0 Å². The Bertz CT molecular complexity index is 1100. The van der Waals surface area contributed by atoms with Gasteiger partial charge in [0.2, 0.25) is 0 Å². The standard InChI is InChI=1S/C26H26O6/c1-3-30-25-13-9-19(15-26(25)31-4-2)17-32-21-7-5-6-18(14-21)8-12-23(28)22-11-10-20(27)16-24(22)29/h5-16,27,29H,3-4,17H2,1-2H3/b12-8+. The molecule has 0 aliphatic carbocycles. The minimum Gasteiger partial charge on any atom is -0.508 e. The molecule has 3 rings (SSSR count). The lowest BCUT2D eigenvalue weighted by Gasteiger charge is -2.13. The molecule has 0 aliphatic rings. The molecule has 0 fully saturated rings. The molecule has 0 aliphatic heterocycles. The first kappa shape index (κ1) is 22.7. The zero-order valence-corrected chi connectivity index (χ0v) is 18.1. The van der Waals surface area contributed by atoms with E-state index in [9.17, 15) is 15.0 Å². The molecule has 0 unspecified atom stereocenters. The summed E-state index contributed by atoms with van der Waals surface area (Å²) in [5, 5.41) is 19.2. The molecule has 0 heterocycles. The highest BCUT2D eigenvalue weighted by Crippen LogP contribution is 2.29. The van der Waals surface area contributed by atoms with Crippen LogP contribution >= 0.6 is 0 Å². The van der Waals surface area contributed by atoms with E-state index in [0.29, 0.717) is 37.1 Å². The Hall–Kier alpha value is -3.93. The first-order chi connectivity index (χ1) is 15.5. The normalized spacial score (nSPS) is 10.8. The average Bonchev–Trinajstić information content (AvgIpc) is 2.78. The average molecular weight is 434 g/mol. The summed E-state index contributed by atoms with van der Waals surface area (Å²) in [6.07, 6.45) is 3.01. The second kappa shape index (κ2) is 10.9. The molecule has 2 N–H and O–H groups in total. The molecule has 0 aromatic heterocycles.